The number of carbonyl (C=O) groups is 2. The maximum absolute atomic E-state index is 12.4. The zero-order valence-electron chi connectivity index (χ0n) is 15.3. The van der Waals surface area contributed by atoms with E-state index in [4.69, 9.17) is 0 Å². The number of alkyl halides is 3. The van der Waals surface area contributed by atoms with Crippen molar-refractivity contribution in [3.05, 3.63) is 65.7 Å². The van der Waals surface area contributed by atoms with Crippen LogP contribution in [-0.4, -0.2) is 18.2 Å². The lowest BCUT2D eigenvalue weighted by molar-refractivity contribution is -0.274. The van der Waals surface area contributed by atoms with Gasteiger partial charge in [0, 0.05) is 29.8 Å². The lowest BCUT2D eigenvalue weighted by atomic mass is 10.1. The minimum Gasteiger partial charge on any atom is -0.405 e. The number of benzene rings is 2. The summed E-state index contributed by atoms with van der Waals surface area (Å²) >= 11 is 0. The molecule has 1 fully saturated rings. The molecule has 0 heterocycles. The fraction of sp³-hybridized carbons (Fsp3) is 0.238. The van der Waals surface area contributed by atoms with E-state index in [1.807, 2.05) is 0 Å². The van der Waals surface area contributed by atoms with Crippen molar-refractivity contribution in [1.82, 2.24) is 5.32 Å². The van der Waals surface area contributed by atoms with Crippen LogP contribution >= 0.6 is 0 Å². The third-order valence-corrected chi connectivity index (χ3v) is 4.17. The molecule has 8 heteroatoms. The van der Waals surface area contributed by atoms with E-state index in [1.54, 1.807) is 30.3 Å². The van der Waals surface area contributed by atoms with Crippen molar-refractivity contribution in [1.29, 1.82) is 0 Å². The van der Waals surface area contributed by atoms with Gasteiger partial charge in [-0.05, 0) is 42.7 Å². The highest BCUT2D eigenvalue weighted by Gasteiger charge is 2.31. The molecular formula is C21H19F3N2O3. The van der Waals surface area contributed by atoms with E-state index in [2.05, 4.69) is 15.4 Å². The van der Waals surface area contributed by atoms with E-state index in [1.165, 1.54) is 24.3 Å². The van der Waals surface area contributed by atoms with Crippen molar-refractivity contribution < 1.29 is 27.5 Å². The SMILES string of the molecule is O=C(/C=C/c1ccccc1OC(F)(F)F)NCc1cccc(NC(=O)C2CC2)c1. The Labute approximate surface area is 165 Å². The lowest BCUT2D eigenvalue weighted by Gasteiger charge is -2.11. The van der Waals surface area contributed by atoms with E-state index in [9.17, 15) is 22.8 Å². The van der Waals surface area contributed by atoms with Crippen molar-refractivity contribution in [3.8, 4) is 5.75 Å². The number of hydrogen-bond acceptors (Lipinski definition) is 3. The van der Waals surface area contributed by atoms with Gasteiger partial charge in [-0.15, -0.1) is 13.2 Å². The molecular weight excluding hydrogens is 385 g/mol. The first-order valence-electron chi connectivity index (χ1n) is 9.01. The Bertz CT molecular complexity index is 921. The molecule has 0 spiro atoms. The molecule has 2 aromatic rings. The first-order valence-corrected chi connectivity index (χ1v) is 9.01. The summed E-state index contributed by atoms with van der Waals surface area (Å²) in [6.45, 7) is 0.205. The fourth-order valence-corrected chi connectivity index (χ4v) is 2.60. The number of amides is 2. The van der Waals surface area contributed by atoms with E-state index in [0.29, 0.717) is 5.69 Å². The number of nitrogens with one attached hydrogen (secondary N) is 2. The van der Waals surface area contributed by atoms with Gasteiger partial charge in [0.15, 0.2) is 0 Å². The molecule has 0 bridgehead atoms. The number of carbonyl (C=O) groups excluding carboxylic acids is 2. The van der Waals surface area contributed by atoms with Crippen molar-refractivity contribution in [2.24, 2.45) is 5.92 Å². The number of ether oxygens (including phenoxy) is 1. The highest BCUT2D eigenvalue weighted by Crippen LogP contribution is 2.30. The predicted molar refractivity (Wildman–Crippen MR) is 102 cm³/mol. The van der Waals surface area contributed by atoms with Gasteiger partial charge in [-0.1, -0.05) is 30.3 Å². The van der Waals surface area contributed by atoms with E-state index in [0.717, 1.165) is 24.5 Å². The third kappa shape index (κ3) is 6.67. The largest absolute Gasteiger partial charge is 0.573 e. The van der Waals surface area contributed by atoms with E-state index < -0.39 is 12.3 Å². The van der Waals surface area contributed by atoms with Crippen LogP contribution in [0.2, 0.25) is 0 Å². The molecule has 0 atom stereocenters. The highest BCUT2D eigenvalue weighted by atomic mass is 19.4. The second-order valence-electron chi connectivity index (χ2n) is 6.60. The zero-order valence-corrected chi connectivity index (χ0v) is 15.3. The van der Waals surface area contributed by atoms with Gasteiger partial charge >= 0.3 is 6.36 Å². The summed E-state index contributed by atoms with van der Waals surface area (Å²) in [5.74, 6) is -0.774. The Kier molecular flexibility index (Phi) is 6.21. The summed E-state index contributed by atoms with van der Waals surface area (Å²) in [4.78, 5) is 23.8. The first-order chi connectivity index (χ1) is 13.8. The summed E-state index contributed by atoms with van der Waals surface area (Å²) in [6, 6.07) is 12.6. The quantitative estimate of drug-likeness (QED) is 0.678. The molecule has 1 aliphatic carbocycles. The minimum atomic E-state index is -4.81. The van der Waals surface area contributed by atoms with Crippen LogP contribution in [0.4, 0.5) is 18.9 Å². The number of halogens is 3. The van der Waals surface area contributed by atoms with Crippen molar-refractivity contribution >= 4 is 23.6 Å². The van der Waals surface area contributed by atoms with Gasteiger partial charge in [-0.3, -0.25) is 9.59 Å². The first kappa shape index (κ1) is 20.4. The van der Waals surface area contributed by atoms with Crippen LogP contribution in [0.3, 0.4) is 0 Å². The molecule has 0 radical (unpaired) electrons. The molecule has 2 amide bonds. The zero-order chi connectivity index (χ0) is 20.9. The fourth-order valence-electron chi connectivity index (χ4n) is 2.60. The number of rotatable bonds is 7. The number of anilines is 1. The van der Waals surface area contributed by atoms with Crippen LogP contribution in [0.5, 0.6) is 5.75 Å². The Balaban J connectivity index is 1.56. The van der Waals surface area contributed by atoms with Crippen molar-refractivity contribution in [3.63, 3.8) is 0 Å². The Morgan fingerprint density at radius 2 is 1.86 bits per heavy atom. The number of hydrogen-bond donors (Lipinski definition) is 2. The van der Waals surface area contributed by atoms with Crippen LogP contribution < -0.4 is 15.4 Å². The summed E-state index contributed by atoms with van der Waals surface area (Å²) in [7, 11) is 0. The summed E-state index contributed by atoms with van der Waals surface area (Å²) in [5.41, 5.74) is 1.56. The Morgan fingerprint density at radius 3 is 2.59 bits per heavy atom. The van der Waals surface area contributed by atoms with Gasteiger partial charge in [-0.2, -0.15) is 0 Å². The summed E-state index contributed by atoms with van der Waals surface area (Å²) in [6.07, 6.45) is -0.609. The smallest absolute Gasteiger partial charge is 0.405 e. The van der Waals surface area contributed by atoms with Crippen LogP contribution in [0.1, 0.15) is 24.0 Å². The summed E-state index contributed by atoms with van der Waals surface area (Å²) in [5, 5.41) is 5.48. The molecule has 0 aliphatic heterocycles. The predicted octanol–water partition coefficient (Wildman–Crippen LogP) is 4.26. The van der Waals surface area contributed by atoms with Crippen molar-refractivity contribution in [2.45, 2.75) is 25.7 Å². The molecule has 5 nitrogen and oxygen atoms in total. The maximum atomic E-state index is 12.4. The topological polar surface area (TPSA) is 67.4 Å². The van der Waals surface area contributed by atoms with Crippen LogP contribution in [-0.2, 0) is 16.1 Å². The molecule has 1 aliphatic rings. The maximum Gasteiger partial charge on any atom is 0.573 e. The van der Waals surface area contributed by atoms with Gasteiger partial charge in [0.05, 0.1) is 0 Å². The molecule has 2 N–H and O–H groups in total. The molecule has 0 saturated heterocycles. The average molecular weight is 404 g/mol. The standard InChI is InChI=1S/C21H19F3N2O3/c22-21(23,24)29-18-7-2-1-5-15(18)10-11-19(27)25-13-14-4-3-6-17(12-14)26-20(28)16-8-9-16/h1-7,10-12,16H,8-9,13H2,(H,25,27)(H,26,28)/b11-10+. The lowest BCUT2D eigenvalue weighted by Crippen LogP contribution is -2.20. The average Bonchev–Trinajstić information content (AvgIpc) is 3.50. The molecule has 2 aromatic carbocycles. The molecule has 1 saturated carbocycles. The van der Waals surface area contributed by atoms with Crippen LogP contribution in [0.15, 0.2) is 54.6 Å². The molecule has 0 aromatic heterocycles. The normalized spacial score (nSPS) is 13.9. The Hall–Kier alpha value is -3.29. The van der Waals surface area contributed by atoms with Gasteiger partial charge in [0.25, 0.3) is 0 Å². The molecule has 3 rings (SSSR count). The molecule has 152 valence electrons. The second kappa shape index (κ2) is 8.81. The monoisotopic (exact) mass is 404 g/mol. The summed E-state index contributed by atoms with van der Waals surface area (Å²) < 4.78 is 41.3. The van der Waals surface area contributed by atoms with E-state index in [-0.39, 0.29) is 29.7 Å². The number of para-hydroxylation sites is 1. The minimum absolute atomic E-state index is 0.00569. The van der Waals surface area contributed by atoms with Crippen molar-refractivity contribution in [2.75, 3.05) is 5.32 Å². The molecule has 0 unspecified atom stereocenters. The third-order valence-electron chi connectivity index (χ3n) is 4.17. The highest BCUT2D eigenvalue weighted by molar-refractivity contribution is 5.94. The van der Waals surface area contributed by atoms with E-state index >= 15 is 0 Å². The Morgan fingerprint density at radius 1 is 1.10 bits per heavy atom. The van der Waals surface area contributed by atoms with Gasteiger partial charge in [-0.25, -0.2) is 0 Å². The van der Waals surface area contributed by atoms with Gasteiger partial charge in [0.1, 0.15) is 5.75 Å². The molecule has 29 heavy (non-hydrogen) atoms. The van der Waals surface area contributed by atoms with Crippen LogP contribution in [0.25, 0.3) is 6.08 Å². The second-order valence-corrected chi connectivity index (χ2v) is 6.60. The van der Waals surface area contributed by atoms with Gasteiger partial charge in [0.2, 0.25) is 11.8 Å². The van der Waals surface area contributed by atoms with Crippen LogP contribution in [0, 0.1) is 5.92 Å². The van der Waals surface area contributed by atoms with Gasteiger partial charge < -0.3 is 15.4 Å².